The minimum Gasteiger partial charge on any atom is -0.440 e. The Kier molecular flexibility index (Phi) is 9.48. The summed E-state index contributed by atoms with van der Waals surface area (Å²) in [7, 11) is 0. The number of hydrogen-bond acceptors (Lipinski definition) is 15. The highest BCUT2D eigenvalue weighted by atomic mass is 35.5. The molecule has 5 N–H and O–H groups in total. The van der Waals surface area contributed by atoms with Gasteiger partial charge in [0.05, 0.1) is 30.5 Å². The zero-order valence-electron chi connectivity index (χ0n) is 25.9. The van der Waals surface area contributed by atoms with E-state index in [1.807, 2.05) is 19.9 Å². The number of halogens is 1. The van der Waals surface area contributed by atoms with E-state index in [4.69, 9.17) is 40.7 Å². The van der Waals surface area contributed by atoms with Gasteiger partial charge in [0.25, 0.3) is 11.4 Å². The molecule has 0 amide bonds. The highest BCUT2D eigenvalue weighted by Crippen LogP contribution is 2.20. The van der Waals surface area contributed by atoms with Crippen molar-refractivity contribution >= 4 is 67.7 Å². The monoisotopic (exact) mass is 679 g/mol. The van der Waals surface area contributed by atoms with E-state index in [1.54, 1.807) is 61.6 Å². The van der Waals surface area contributed by atoms with Crippen molar-refractivity contribution in [2.24, 2.45) is 0 Å². The highest BCUT2D eigenvalue weighted by Gasteiger charge is 2.12. The number of oxazole rings is 4. The average molecular weight is 680 g/mol. The predicted molar refractivity (Wildman–Crippen MR) is 180 cm³/mol. The minimum atomic E-state index is -0.135. The van der Waals surface area contributed by atoms with Crippen LogP contribution in [0, 0.1) is 13.8 Å². The van der Waals surface area contributed by atoms with Crippen LogP contribution in [0.4, 0.5) is 11.7 Å². The Morgan fingerprint density at radius 1 is 0.694 bits per heavy atom. The molecule has 0 saturated heterocycles. The molecule has 16 nitrogen and oxygen atoms in total. The number of rotatable bonds is 2. The quantitative estimate of drug-likeness (QED) is 0.201. The van der Waals surface area contributed by atoms with Crippen LogP contribution in [0.3, 0.4) is 0 Å². The van der Waals surface area contributed by atoms with Gasteiger partial charge in [-0.1, -0.05) is 0 Å². The number of nitrogen functional groups attached to an aromatic ring is 2. The lowest BCUT2D eigenvalue weighted by Crippen LogP contribution is -2.05. The molecule has 49 heavy (non-hydrogen) atoms. The first kappa shape index (κ1) is 32.3. The summed E-state index contributed by atoms with van der Waals surface area (Å²) in [4.78, 5) is 45.7. The topological polar surface area (TPSA) is 241 Å². The summed E-state index contributed by atoms with van der Waals surface area (Å²) in [6.07, 6.45) is 13.3. The van der Waals surface area contributed by atoms with Crippen molar-refractivity contribution in [2.75, 3.05) is 11.5 Å². The Balaban J connectivity index is 0.000000122. The Hall–Kier alpha value is -6.68. The molecular formula is C32H26ClN11O5. The average Bonchev–Trinajstić information content (AvgIpc) is 3.86. The molecule has 0 aliphatic heterocycles. The first-order valence-electron chi connectivity index (χ1n) is 14.4. The Morgan fingerprint density at radius 3 is 1.82 bits per heavy atom. The molecular weight excluding hydrogens is 654 g/mol. The number of nitrogens with two attached hydrogens (primary N) is 2. The molecule has 246 valence electrons. The van der Waals surface area contributed by atoms with E-state index in [1.165, 1.54) is 12.3 Å². The van der Waals surface area contributed by atoms with Crippen molar-refractivity contribution in [2.45, 2.75) is 20.3 Å². The molecule has 17 heteroatoms. The Labute approximate surface area is 280 Å². The predicted octanol–water partition coefficient (Wildman–Crippen LogP) is 5.60. The number of H-pyrrole nitrogens is 1. The summed E-state index contributed by atoms with van der Waals surface area (Å²) in [5, 5.41) is 0.160. The number of pyridine rings is 5. The first-order valence-corrected chi connectivity index (χ1v) is 14.8. The summed E-state index contributed by atoms with van der Waals surface area (Å²) in [6.45, 7) is 3.80. The fraction of sp³-hybridized carbons (Fsp3) is 0.0938. The van der Waals surface area contributed by atoms with Crippen LogP contribution < -0.4 is 16.9 Å². The molecule has 9 rings (SSSR count). The Morgan fingerprint density at radius 2 is 1.24 bits per heavy atom. The van der Waals surface area contributed by atoms with Gasteiger partial charge in [-0.3, -0.25) is 24.7 Å². The van der Waals surface area contributed by atoms with E-state index < -0.39 is 0 Å². The highest BCUT2D eigenvalue weighted by molar-refractivity contribution is 6.28. The van der Waals surface area contributed by atoms with Crippen LogP contribution in [0.5, 0.6) is 0 Å². The van der Waals surface area contributed by atoms with Crippen LogP contribution in [-0.4, -0.2) is 44.9 Å². The maximum atomic E-state index is 10.5. The SMILES string of the molecule is Cc1cc2oc(Cc3nc4cnccc4o3)nc2cn1.Cc1cc2oc(Cl)nc2cn1.Nc1c[nH]ccc1=O.Nc1nc2cnccc2o1. The fourth-order valence-electron chi connectivity index (χ4n) is 4.21. The molecule has 0 bridgehead atoms. The van der Waals surface area contributed by atoms with Crippen LogP contribution in [0.2, 0.25) is 5.35 Å². The fourth-order valence-corrected chi connectivity index (χ4v) is 4.39. The van der Waals surface area contributed by atoms with Crippen LogP contribution in [0.25, 0.3) is 44.4 Å². The Bertz CT molecular complexity index is 2490. The zero-order valence-corrected chi connectivity index (χ0v) is 26.6. The van der Waals surface area contributed by atoms with Crippen LogP contribution in [0.1, 0.15) is 23.2 Å². The van der Waals surface area contributed by atoms with Gasteiger partial charge in [0.1, 0.15) is 28.5 Å². The second-order valence-corrected chi connectivity index (χ2v) is 10.5. The molecule has 0 aliphatic rings. The maximum Gasteiger partial charge on any atom is 0.293 e. The number of aromatic nitrogens is 9. The number of anilines is 2. The number of nitrogens with one attached hydrogen (secondary N) is 1. The molecule has 0 unspecified atom stereocenters. The van der Waals surface area contributed by atoms with Gasteiger partial charge in [-0.2, -0.15) is 9.97 Å². The van der Waals surface area contributed by atoms with Gasteiger partial charge in [-0.25, -0.2) is 9.97 Å². The molecule has 0 aromatic carbocycles. The number of nitrogens with zero attached hydrogens (tertiary/aromatic N) is 8. The van der Waals surface area contributed by atoms with Crippen molar-refractivity contribution < 1.29 is 17.7 Å². The molecule has 9 aromatic rings. The van der Waals surface area contributed by atoms with E-state index in [2.05, 4.69) is 44.9 Å². The zero-order chi connectivity index (χ0) is 34.3. The van der Waals surface area contributed by atoms with E-state index in [-0.39, 0.29) is 22.5 Å². The van der Waals surface area contributed by atoms with E-state index >= 15 is 0 Å². The third-order valence-corrected chi connectivity index (χ3v) is 6.60. The van der Waals surface area contributed by atoms with Gasteiger partial charge in [-0.15, -0.1) is 0 Å². The number of aromatic amines is 1. The second-order valence-electron chi connectivity index (χ2n) is 10.1. The summed E-state index contributed by atoms with van der Waals surface area (Å²) >= 11 is 5.53. The molecule has 0 aliphatic carbocycles. The summed E-state index contributed by atoms with van der Waals surface area (Å²) in [6, 6.07) is 8.73. The molecule has 0 fully saturated rings. The van der Waals surface area contributed by atoms with Crippen molar-refractivity contribution in [3.63, 3.8) is 0 Å². The molecule has 0 saturated carbocycles. The number of hydrogen-bond donors (Lipinski definition) is 3. The minimum absolute atomic E-state index is 0.135. The van der Waals surface area contributed by atoms with Crippen molar-refractivity contribution in [1.82, 2.24) is 44.9 Å². The van der Waals surface area contributed by atoms with Gasteiger partial charge in [0.15, 0.2) is 22.3 Å². The molecule has 9 heterocycles. The lowest BCUT2D eigenvalue weighted by atomic mass is 10.3. The molecule has 0 atom stereocenters. The largest absolute Gasteiger partial charge is 0.440 e. The van der Waals surface area contributed by atoms with Gasteiger partial charge in [-0.05, 0) is 25.4 Å². The van der Waals surface area contributed by atoms with E-state index in [9.17, 15) is 4.79 Å². The standard InChI is InChI=1S/C14H10N4O2.C7H5ClN2O.C6H5N3O.C5H6N2O/c1-8-4-12-10(7-16-8)18-14(20-12)5-13-17-9-6-15-3-2-11(9)19-13;1-4-2-6-5(3-9-4)10-7(8)11-6;7-6-9-4-3-8-2-1-5(4)10-6;6-4-3-7-2-1-5(4)8/h2-4,6-7H,5H2,1H3;2-3H,1H3;1-3H,(H2,7,9);1-3H,6H2,(H,7,8). The van der Waals surface area contributed by atoms with Crippen LogP contribution >= 0.6 is 11.6 Å². The smallest absolute Gasteiger partial charge is 0.293 e. The second kappa shape index (κ2) is 14.4. The van der Waals surface area contributed by atoms with Gasteiger partial charge in [0.2, 0.25) is 17.2 Å². The lowest BCUT2D eigenvalue weighted by Gasteiger charge is -1.88. The molecule has 0 spiro atoms. The van der Waals surface area contributed by atoms with Crippen LogP contribution in [-0.2, 0) is 6.42 Å². The van der Waals surface area contributed by atoms with Gasteiger partial charge >= 0.3 is 0 Å². The summed E-state index contributed by atoms with van der Waals surface area (Å²) in [5.74, 6) is 1.12. The third kappa shape index (κ3) is 8.19. The van der Waals surface area contributed by atoms with Gasteiger partial charge < -0.3 is 34.1 Å². The summed E-state index contributed by atoms with van der Waals surface area (Å²) < 4.78 is 21.4. The van der Waals surface area contributed by atoms with Crippen LogP contribution in [0.15, 0.2) is 102 Å². The summed E-state index contributed by atoms with van der Waals surface area (Å²) in [5.41, 5.74) is 18.0. The lowest BCUT2D eigenvalue weighted by molar-refractivity contribution is 0.488. The number of aryl methyl sites for hydroxylation is 2. The van der Waals surface area contributed by atoms with Crippen molar-refractivity contribution in [1.29, 1.82) is 0 Å². The van der Waals surface area contributed by atoms with Crippen molar-refractivity contribution in [3.05, 3.63) is 119 Å². The third-order valence-electron chi connectivity index (χ3n) is 6.44. The first-order chi connectivity index (χ1) is 23.7. The van der Waals surface area contributed by atoms with Crippen molar-refractivity contribution in [3.8, 4) is 0 Å². The normalized spacial score (nSPS) is 10.7. The number of fused-ring (bicyclic) bond motifs is 4. The van der Waals surface area contributed by atoms with Gasteiger partial charge in [0, 0.05) is 66.5 Å². The van der Waals surface area contributed by atoms with E-state index in [0.29, 0.717) is 46.0 Å². The molecule has 0 radical (unpaired) electrons. The maximum absolute atomic E-state index is 10.5. The molecule has 9 aromatic heterocycles. The van der Waals surface area contributed by atoms with E-state index in [0.717, 1.165) is 28.0 Å².